The molecule has 6 heteroatoms. The maximum atomic E-state index is 12.0. The maximum Gasteiger partial charge on any atom is 0.317 e. The predicted molar refractivity (Wildman–Crippen MR) is 84.2 cm³/mol. The highest BCUT2D eigenvalue weighted by molar-refractivity contribution is 5.76. The average Bonchev–Trinajstić information content (AvgIpc) is 2.43. The molecule has 0 atom stereocenters. The number of rotatable bonds is 6. The Morgan fingerprint density at radius 1 is 1.14 bits per heavy atom. The fourth-order valence-electron chi connectivity index (χ4n) is 2.42. The first kappa shape index (κ1) is 17.8. The zero-order valence-electron chi connectivity index (χ0n) is 13.9. The third-order valence-corrected chi connectivity index (χ3v) is 3.63. The highest BCUT2D eigenvalue weighted by Crippen LogP contribution is 2.05. The molecule has 1 heterocycles. The van der Waals surface area contributed by atoms with Crippen LogP contribution in [0, 0.1) is 5.92 Å². The van der Waals surface area contributed by atoms with Crippen molar-refractivity contribution in [1.82, 2.24) is 20.0 Å². The van der Waals surface area contributed by atoms with Crippen molar-refractivity contribution in [2.45, 2.75) is 26.7 Å². The zero-order chi connectivity index (χ0) is 15.8. The van der Waals surface area contributed by atoms with E-state index in [9.17, 15) is 9.59 Å². The zero-order valence-corrected chi connectivity index (χ0v) is 13.9. The molecule has 0 aromatic heterocycles. The minimum Gasteiger partial charge on any atom is -0.349 e. The molecule has 1 saturated heterocycles. The van der Waals surface area contributed by atoms with Gasteiger partial charge in [0.15, 0.2) is 0 Å². The lowest BCUT2D eigenvalue weighted by molar-refractivity contribution is -0.128. The molecule has 1 N–H and O–H groups in total. The van der Waals surface area contributed by atoms with E-state index in [2.05, 4.69) is 24.1 Å². The molecule has 0 aromatic carbocycles. The molecule has 0 aliphatic carbocycles. The summed E-state index contributed by atoms with van der Waals surface area (Å²) in [6.45, 7) is 9.56. The summed E-state index contributed by atoms with van der Waals surface area (Å²) in [5, 5.41) is 2.90. The highest BCUT2D eigenvalue weighted by atomic mass is 16.2. The Morgan fingerprint density at radius 2 is 1.76 bits per heavy atom. The molecule has 122 valence electrons. The average molecular weight is 298 g/mol. The lowest BCUT2D eigenvalue weighted by atomic mass is 10.2. The van der Waals surface area contributed by atoms with Crippen LogP contribution in [0.1, 0.15) is 26.7 Å². The van der Waals surface area contributed by atoms with E-state index < -0.39 is 0 Å². The van der Waals surface area contributed by atoms with Crippen molar-refractivity contribution < 1.29 is 9.59 Å². The van der Waals surface area contributed by atoms with Gasteiger partial charge in [0.2, 0.25) is 5.91 Å². The molecule has 3 amide bonds. The van der Waals surface area contributed by atoms with Gasteiger partial charge in [0, 0.05) is 59.8 Å². The van der Waals surface area contributed by atoms with E-state index in [4.69, 9.17) is 0 Å². The molecular weight excluding hydrogens is 268 g/mol. The van der Waals surface area contributed by atoms with Crippen LogP contribution >= 0.6 is 0 Å². The summed E-state index contributed by atoms with van der Waals surface area (Å²) in [5.74, 6) is 0.770. The Kier molecular flexibility index (Phi) is 7.50. The Hall–Kier alpha value is -1.30. The highest BCUT2D eigenvalue weighted by Gasteiger charge is 2.20. The van der Waals surface area contributed by atoms with Crippen molar-refractivity contribution in [3.05, 3.63) is 0 Å². The number of carbonyl (C=O) groups is 2. The summed E-state index contributed by atoms with van der Waals surface area (Å²) in [5.41, 5.74) is 0. The molecule has 0 spiro atoms. The van der Waals surface area contributed by atoms with Crippen LogP contribution in [0.25, 0.3) is 0 Å². The number of hydrogen-bond donors (Lipinski definition) is 1. The second kappa shape index (κ2) is 8.87. The fourth-order valence-corrected chi connectivity index (χ4v) is 2.42. The van der Waals surface area contributed by atoms with E-state index in [0.717, 1.165) is 32.7 Å². The molecule has 21 heavy (non-hydrogen) atoms. The van der Waals surface area contributed by atoms with Gasteiger partial charge in [-0.05, 0) is 12.3 Å². The van der Waals surface area contributed by atoms with E-state index in [1.165, 1.54) is 0 Å². The fraction of sp³-hybridized carbons (Fsp3) is 0.867. The van der Waals surface area contributed by atoms with Gasteiger partial charge in [-0.1, -0.05) is 13.8 Å². The molecule has 1 rings (SSSR count). The van der Waals surface area contributed by atoms with Crippen molar-refractivity contribution in [1.29, 1.82) is 0 Å². The van der Waals surface area contributed by atoms with Gasteiger partial charge in [-0.3, -0.25) is 9.69 Å². The van der Waals surface area contributed by atoms with Gasteiger partial charge < -0.3 is 15.1 Å². The van der Waals surface area contributed by atoms with E-state index in [1.807, 2.05) is 4.90 Å². The molecule has 0 unspecified atom stereocenters. The van der Waals surface area contributed by atoms with Gasteiger partial charge in [-0.2, -0.15) is 0 Å². The van der Waals surface area contributed by atoms with Gasteiger partial charge in [-0.15, -0.1) is 0 Å². The summed E-state index contributed by atoms with van der Waals surface area (Å²) in [6.07, 6.45) is 1.17. The first-order chi connectivity index (χ1) is 9.90. The number of nitrogens with zero attached hydrogens (tertiary/aromatic N) is 3. The van der Waals surface area contributed by atoms with Crippen molar-refractivity contribution in [3.8, 4) is 0 Å². The van der Waals surface area contributed by atoms with Gasteiger partial charge in [0.05, 0.1) is 0 Å². The summed E-state index contributed by atoms with van der Waals surface area (Å²) >= 11 is 0. The van der Waals surface area contributed by atoms with Gasteiger partial charge in [0.25, 0.3) is 0 Å². The molecule has 1 aliphatic heterocycles. The van der Waals surface area contributed by atoms with Crippen molar-refractivity contribution in [2.24, 2.45) is 5.92 Å². The van der Waals surface area contributed by atoms with Crippen LogP contribution in [0.2, 0.25) is 0 Å². The molecule has 0 radical (unpaired) electrons. The number of piperazine rings is 1. The third-order valence-electron chi connectivity index (χ3n) is 3.63. The Labute approximate surface area is 128 Å². The molecule has 0 saturated carbocycles. The topological polar surface area (TPSA) is 55.9 Å². The molecule has 1 fully saturated rings. The van der Waals surface area contributed by atoms with Crippen LogP contribution < -0.4 is 5.32 Å². The van der Waals surface area contributed by atoms with Crippen molar-refractivity contribution in [2.75, 3.05) is 53.4 Å². The predicted octanol–water partition coefficient (Wildman–Crippen LogP) is 0.838. The van der Waals surface area contributed by atoms with E-state index in [-0.39, 0.29) is 11.9 Å². The molecule has 0 aromatic rings. The Morgan fingerprint density at radius 3 is 2.29 bits per heavy atom. The van der Waals surface area contributed by atoms with Crippen LogP contribution in [0.15, 0.2) is 0 Å². The van der Waals surface area contributed by atoms with Crippen LogP contribution in [-0.2, 0) is 4.79 Å². The van der Waals surface area contributed by atoms with Crippen LogP contribution in [-0.4, -0.2) is 80.0 Å². The minimum absolute atomic E-state index is 0.00324. The second-order valence-corrected chi connectivity index (χ2v) is 6.31. The van der Waals surface area contributed by atoms with Gasteiger partial charge in [0.1, 0.15) is 0 Å². The summed E-state index contributed by atoms with van der Waals surface area (Å²) in [4.78, 5) is 29.3. The number of nitrogens with one attached hydrogen (secondary N) is 1. The van der Waals surface area contributed by atoms with E-state index >= 15 is 0 Å². The quantitative estimate of drug-likeness (QED) is 0.739. The molecule has 1 aliphatic rings. The Bertz CT molecular complexity index is 337. The van der Waals surface area contributed by atoms with Crippen LogP contribution in [0.5, 0.6) is 0 Å². The number of urea groups is 1. The van der Waals surface area contributed by atoms with E-state index in [1.54, 1.807) is 19.0 Å². The number of amides is 3. The summed E-state index contributed by atoms with van der Waals surface area (Å²) in [7, 11) is 3.50. The third kappa shape index (κ3) is 6.80. The lowest BCUT2D eigenvalue weighted by Crippen LogP contribution is -2.52. The van der Waals surface area contributed by atoms with Gasteiger partial charge >= 0.3 is 6.03 Å². The first-order valence-electron chi connectivity index (χ1n) is 7.85. The molecule has 6 nitrogen and oxygen atoms in total. The lowest BCUT2D eigenvalue weighted by Gasteiger charge is -2.35. The van der Waals surface area contributed by atoms with Crippen molar-refractivity contribution >= 4 is 11.9 Å². The van der Waals surface area contributed by atoms with Crippen LogP contribution in [0.4, 0.5) is 4.79 Å². The number of hydrogen-bond acceptors (Lipinski definition) is 3. The molecular formula is C15H30N4O2. The Balaban J connectivity index is 2.15. The smallest absolute Gasteiger partial charge is 0.317 e. The standard InChI is InChI=1S/C15H30N4O2/c1-13(2)12-18-8-10-19(11-9-18)15(21)16-7-5-6-14(20)17(3)4/h13H,5-12H2,1-4H3,(H,16,21). The summed E-state index contributed by atoms with van der Waals surface area (Å²) < 4.78 is 0. The monoisotopic (exact) mass is 298 g/mol. The molecule has 0 bridgehead atoms. The minimum atomic E-state index is -0.00324. The van der Waals surface area contributed by atoms with Gasteiger partial charge in [-0.25, -0.2) is 4.79 Å². The largest absolute Gasteiger partial charge is 0.349 e. The maximum absolute atomic E-state index is 12.0. The second-order valence-electron chi connectivity index (χ2n) is 6.31. The van der Waals surface area contributed by atoms with Crippen LogP contribution in [0.3, 0.4) is 0 Å². The first-order valence-corrected chi connectivity index (χ1v) is 7.85. The number of carbonyl (C=O) groups excluding carboxylic acids is 2. The van der Waals surface area contributed by atoms with E-state index in [0.29, 0.717) is 25.3 Å². The summed E-state index contributed by atoms with van der Waals surface area (Å²) in [6, 6.07) is -0.00324. The normalized spacial score (nSPS) is 16.1. The SMILES string of the molecule is CC(C)CN1CCN(C(=O)NCCCC(=O)N(C)C)CC1. The van der Waals surface area contributed by atoms with Crippen molar-refractivity contribution in [3.63, 3.8) is 0 Å².